The number of nitrogens with one attached hydrogen (secondary N) is 1. The van der Waals surface area contributed by atoms with Gasteiger partial charge in [0.25, 0.3) is 5.91 Å². The van der Waals surface area contributed by atoms with Gasteiger partial charge < -0.3 is 76.4 Å². The minimum Gasteiger partial charge on any atom is -0.487 e. The fourth-order valence-corrected chi connectivity index (χ4v) is 3.88. The Bertz CT molecular complexity index is 895. The Morgan fingerprint density at radius 3 is 0.923 bits per heavy atom. The predicted octanol–water partition coefficient (Wildman–Crippen LogP) is 1.27. The molecule has 0 unspecified atom stereocenters. The van der Waals surface area contributed by atoms with Gasteiger partial charge in [0.1, 0.15) is 19.8 Å². The van der Waals surface area contributed by atoms with Crippen molar-refractivity contribution in [1.82, 2.24) is 5.32 Å². The van der Waals surface area contributed by atoms with Crippen molar-refractivity contribution in [3.63, 3.8) is 0 Å². The van der Waals surface area contributed by atoms with Crippen LogP contribution in [0.5, 0.6) is 17.2 Å². The standard InChI is InChI=1S/C35H63NO16/c1-36-35(37)31-29-32(50-26-23-47-20-17-44-14-11-41-8-5-38-2)34(52-28-25-49-22-19-46-16-13-43-10-7-40-4)33(30-31)51-27-24-48-21-18-45-15-12-42-9-6-39-3/h29-30H,5-28H2,1-4H3,(H,36,37). The molecule has 52 heavy (non-hydrogen) atoms. The van der Waals surface area contributed by atoms with E-state index < -0.39 is 0 Å². The smallest absolute Gasteiger partial charge is 0.251 e. The van der Waals surface area contributed by atoms with Crippen LogP contribution in [0.4, 0.5) is 0 Å². The molecule has 0 aliphatic rings. The molecule has 0 atom stereocenters. The molecular weight excluding hydrogens is 690 g/mol. The first-order valence-corrected chi connectivity index (χ1v) is 17.6. The van der Waals surface area contributed by atoms with Crippen molar-refractivity contribution in [3.05, 3.63) is 17.7 Å². The maximum Gasteiger partial charge on any atom is 0.251 e. The Labute approximate surface area is 308 Å². The number of methoxy groups -OCH3 is 3. The minimum atomic E-state index is -0.312. The molecule has 0 aromatic heterocycles. The second kappa shape index (κ2) is 36.9. The monoisotopic (exact) mass is 753 g/mol. The van der Waals surface area contributed by atoms with Crippen LogP contribution in [-0.2, 0) is 56.8 Å². The number of benzene rings is 1. The maximum atomic E-state index is 12.6. The van der Waals surface area contributed by atoms with Crippen molar-refractivity contribution >= 4 is 5.91 Å². The Kier molecular flexibility index (Phi) is 33.8. The van der Waals surface area contributed by atoms with E-state index >= 15 is 0 Å². The molecule has 1 aromatic carbocycles. The Balaban J connectivity index is 2.64. The third kappa shape index (κ3) is 27.2. The minimum absolute atomic E-state index is 0.191. The summed E-state index contributed by atoms with van der Waals surface area (Å²) in [5.41, 5.74) is 0.337. The summed E-state index contributed by atoms with van der Waals surface area (Å²) in [6.07, 6.45) is 0. The highest BCUT2D eigenvalue weighted by molar-refractivity contribution is 5.95. The highest BCUT2D eigenvalue weighted by atomic mass is 16.6. The number of carbonyl (C=O) groups excluding carboxylic acids is 1. The van der Waals surface area contributed by atoms with Gasteiger partial charge >= 0.3 is 0 Å². The quantitative estimate of drug-likeness (QED) is 0.0951. The van der Waals surface area contributed by atoms with Gasteiger partial charge in [0.05, 0.1) is 139 Å². The van der Waals surface area contributed by atoms with Crippen molar-refractivity contribution in [2.24, 2.45) is 0 Å². The first kappa shape index (κ1) is 47.6. The van der Waals surface area contributed by atoms with Crippen molar-refractivity contribution in [2.45, 2.75) is 0 Å². The normalized spacial score (nSPS) is 11.2. The predicted molar refractivity (Wildman–Crippen MR) is 189 cm³/mol. The van der Waals surface area contributed by atoms with E-state index in [1.54, 1.807) is 40.5 Å². The molecule has 0 aliphatic heterocycles. The molecule has 0 aliphatic carbocycles. The molecule has 0 bridgehead atoms. The van der Waals surface area contributed by atoms with E-state index in [1.807, 2.05) is 0 Å². The molecule has 0 fully saturated rings. The molecule has 1 amide bonds. The summed E-state index contributed by atoms with van der Waals surface area (Å²) in [5.74, 6) is 0.660. The van der Waals surface area contributed by atoms with Gasteiger partial charge in [-0.05, 0) is 12.1 Å². The Morgan fingerprint density at radius 1 is 0.404 bits per heavy atom. The molecule has 1 N–H and O–H groups in total. The highest BCUT2D eigenvalue weighted by Gasteiger charge is 2.19. The maximum absolute atomic E-state index is 12.6. The zero-order valence-corrected chi connectivity index (χ0v) is 31.7. The average molecular weight is 754 g/mol. The third-order valence-corrected chi connectivity index (χ3v) is 6.48. The van der Waals surface area contributed by atoms with Crippen LogP contribution in [0.15, 0.2) is 12.1 Å². The summed E-state index contributed by atoms with van der Waals surface area (Å²) < 4.78 is 82.6. The van der Waals surface area contributed by atoms with Crippen LogP contribution >= 0.6 is 0 Å². The summed E-state index contributed by atoms with van der Waals surface area (Å²) in [4.78, 5) is 12.6. The molecule has 0 saturated heterocycles. The Hall–Kier alpha value is -2.39. The van der Waals surface area contributed by atoms with Gasteiger partial charge in [-0.3, -0.25) is 4.79 Å². The number of hydrogen-bond acceptors (Lipinski definition) is 16. The van der Waals surface area contributed by atoms with Gasteiger partial charge in [-0.1, -0.05) is 0 Å². The molecule has 0 radical (unpaired) electrons. The summed E-state index contributed by atoms with van der Waals surface area (Å²) in [6.45, 7) is 9.86. The Morgan fingerprint density at radius 2 is 0.654 bits per heavy atom. The number of amides is 1. The van der Waals surface area contributed by atoms with E-state index in [0.29, 0.717) is 142 Å². The lowest BCUT2D eigenvalue weighted by atomic mass is 10.1. The van der Waals surface area contributed by atoms with Crippen LogP contribution in [0.1, 0.15) is 10.4 Å². The van der Waals surface area contributed by atoms with Gasteiger partial charge in [0.2, 0.25) is 5.75 Å². The van der Waals surface area contributed by atoms with Crippen LogP contribution in [0, 0.1) is 0 Å². The SMILES string of the molecule is CNC(=O)c1cc(OCCOCCOCCOCCOC)c(OCCOCCOCCOCCOC)c(OCCOCCOCCOCCOC)c1. The molecule has 1 rings (SSSR count). The van der Waals surface area contributed by atoms with Gasteiger partial charge in [0.15, 0.2) is 11.5 Å². The molecule has 0 heterocycles. The molecule has 1 aromatic rings. The number of ether oxygens (including phenoxy) is 15. The molecule has 17 nitrogen and oxygen atoms in total. The van der Waals surface area contributed by atoms with Crippen molar-refractivity contribution < 1.29 is 75.8 Å². The summed E-state index contributed by atoms with van der Waals surface area (Å²) in [7, 11) is 6.43. The summed E-state index contributed by atoms with van der Waals surface area (Å²) in [5, 5.41) is 2.63. The summed E-state index contributed by atoms with van der Waals surface area (Å²) in [6, 6.07) is 3.20. The number of rotatable bonds is 40. The lowest BCUT2D eigenvalue weighted by Crippen LogP contribution is -2.19. The van der Waals surface area contributed by atoms with Gasteiger partial charge in [-0.25, -0.2) is 0 Å². The average Bonchev–Trinajstić information content (AvgIpc) is 3.16. The fraction of sp³-hybridized carbons (Fsp3) is 0.800. The van der Waals surface area contributed by atoms with E-state index in [2.05, 4.69) is 5.32 Å². The largest absolute Gasteiger partial charge is 0.487 e. The van der Waals surface area contributed by atoms with E-state index in [0.717, 1.165) is 0 Å². The van der Waals surface area contributed by atoms with Crippen molar-refractivity contribution in [1.29, 1.82) is 0 Å². The number of carbonyl (C=O) groups is 1. The lowest BCUT2D eigenvalue weighted by molar-refractivity contribution is -0.00160. The van der Waals surface area contributed by atoms with Crippen LogP contribution in [-0.4, -0.2) is 193 Å². The van der Waals surface area contributed by atoms with Gasteiger partial charge in [-0.2, -0.15) is 0 Å². The fourth-order valence-electron chi connectivity index (χ4n) is 3.88. The molecule has 0 saturated carbocycles. The van der Waals surface area contributed by atoms with Gasteiger partial charge in [0, 0.05) is 33.9 Å². The first-order chi connectivity index (χ1) is 25.7. The van der Waals surface area contributed by atoms with Crippen LogP contribution < -0.4 is 19.5 Å². The lowest BCUT2D eigenvalue weighted by Gasteiger charge is -2.19. The molecule has 304 valence electrons. The number of hydrogen-bond donors (Lipinski definition) is 1. The zero-order valence-electron chi connectivity index (χ0n) is 31.7. The van der Waals surface area contributed by atoms with Crippen LogP contribution in [0.25, 0.3) is 0 Å². The topological polar surface area (TPSA) is 168 Å². The van der Waals surface area contributed by atoms with E-state index in [-0.39, 0.29) is 45.5 Å². The zero-order chi connectivity index (χ0) is 37.6. The van der Waals surface area contributed by atoms with Crippen molar-refractivity contribution in [3.8, 4) is 17.2 Å². The third-order valence-electron chi connectivity index (χ3n) is 6.48. The first-order valence-electron chi connectivity index (χ1n) is 17.6. The van der Waals surface area contributed by atoms with Crippen LogP contribution in [0.3, 0.4) is 0 Å². The van der Waals surface area contributed by atoms with E-state index in [4.69, 9.17) is 71.1 Å². The molecular formula is C35H63NO16. The second-order valence-corrected chi connectivity index (χ2v) is 10.4. The molecule has 17 heteroatoms. The van der Waals surface area contributed by atoms with Gasteiger partial charge in [-0.15, -0.1) is 0 Å². The molecule has 0 spiro atoms. The highest BCUT2D eigenvalue weighted by Crippen LogP contribution is 2.39. The van der Waals surface area contributed by atoms with E-state index in [1.165, 1.54) is 0 Å². The summed E-state index contributed by atoms with van der Waals surface area (Å²) >= 11 is 0. The van der Waals surface area contributed by atoms with Crippen LogP contribution in [0.2, 0.25) is 0 Å². The van der Waals surface area contributed by atoms with E-state index in [9.17, 15) is 4.79 Å². The van der Waals surface area contributed by atoms with Crippen molar-refractivity contribution in [2.75, 3.05) is 187 Å². The second-order valence-electron chi connectivity index (χ2n) is 10.4.